The summed E-state index contributed by atoms with van der Waals surface area (Å²) in [6.07, 6.45) is -5.30. The summed E-state index contributed by atoms with van der Waals surface area (Å²) in [4.78, 5) is 12.6. The molecular weight excluding hydrogens is 421 g/mol. The Bertz CT molecular complexity index is 1260. The van der Waals surface area contributed by atoms with E-state index in [1.54, 1.807) is 6.07 Å². The van der Waals surface area contributed by atoms with E-state index in [1.165, 1.54) is 48.7 Å². The predicted molar refractivity (Wildman–Crippen MR) is 102 cm³/mol. The van der Waals surface area contributed by atoms with E-state index in [2.05, 4.69) is 9.84 Å². The molecule has 0 saturated carbocycles. The lowest BCUT2D eigenvalue weighted by Crippen LogP contribution is -2.24. The minimum atomic E-state index is -4.79. The molecule has 0 N–H and O–H groups in total. The summed E-state index contributed by atoms with van der Waals surface area (Å²) < 4.78 is 70.3. The van der Waals surface area contributed by atoms with Crippen LogP contribution >= 0.6 is 0 Å². The monoisotopic (exact) mass is 435 g/mol. The number of rotatable bonds is 5. The number of alkyl halides is 4. The number of ether oxygens (including phenoxy) is 1. The van der Waals surface area contributed by atoms with E-state index in [1.807, 2.05) is 0 Å². The second-order valence-electron chi connectivity index (χ2n) is 6.71. The highest BCUT2D eigenvalue weighted by atomic mass is 19.4. The van der Waals surface area contributed by atoms with Crippen LogP contribution in [0.3, 0.4) is 0 Å². The Morgan fingerprint density at radius 2 is 1.58 bits per heavy atom. The number of benzene rings is 2. The van der Waals surface area contributed by atoms with Crippen LogP contribution < -0.4 is 10.4 Å². The first kappa shape index (κ1) is 20.6. The fraction of sp³-hybridized carbons (Fsp3) is 0.143. The van der Waals surface area contributed by atoms with Gasteiger partial charge in [-0.2, -0.15) is 4.68 Å². The van der Waals surface area contributed by atoms with E-state index in [0.29, 0.717) is 21.4 Å². The molecule has 4 aromatic rings. The third kappa shape index (κ3) is 4.57. The van der Waals surface area contributed by atoms with Gasteiger partial charge < -0.3 is 4.74 Å². The van der Waals surface area contributed by atoms with E-state index in [0.717, 1.165) is 16.5 Å². The van der Waals surface area contributed by atoms with E-state index in [-0.39, 0.29) is 17.8 Å². The number of pyridine rings is 1. The van der Waals surface area contributed by atoms with Crippen molar-refractivity contribution >= 4 is 5.65 Å². The number of aromatic nitrogens is 3. The topological polar surface area (TPSA) is 48.5 Å². The number of nitrogens with zero attached hydrogens (tertiary/aromatic N) is 3. The lowest BCUT2D eigenvalue weighted by Gasteiger charge is -2.09. The average Bonchev–Trinajstić information content (AvgIpc) is 3.05. The molecule has 5 nitrogen and oxygen atoms in total. The fourth-order valence-electron chi connectivity index (χ4n) is 3.09. The zero-order valence-electron chi connectivity index (χ0n) is 15.7. The minimum Gasteiger partial charge on any atom is -0.406 e. The van der Waals surface area contributed by atoms with E-state index in [9.17, 15) is 26.7 Å². The summed E-state index contributed by atoms with van der Waals surface area (Å²) in [6.45, 7) is 0. The minimum absolute atomic E-state index is 0.169. The number of hydrogen-bond donors (Lipinski definition) is 0. The molecule has 1 unspecified atom stereocenters. The van der Waals surface area contributed by atoms with Crippen molar-refractivity contribution in [3.63, 3.8) is 0 Å². The van der Waals surface area contributed by atoms with Crippen molar-refractivity contribution in [1.82, 2.24) is 14.2 Å². The molecular formula is C21H14F5N3O2. The first-order chi connectivity index (χ1) is 14.7. The van der Waals surface area contributed by atoms with Crippen molar-refractivity contribution in [2.24, 2.45) is 0 Å². The van der Waals surface area contributed by atoms with Crippen LogP contribution in [0.4, 0.5) is 22.0 Å². The van der Waals surface area contributed by atoms with Crippen LogP contribution in [-0.4, -0.2) is 20.5 Å². The molecule has 0 bridgehead atoms. The molecule has 2 aromatic heterocycles. The Morgan fingerprint density at radius 3 is 2.23 bits per heavy atom. The van der Waals surface area contributed by atoms with Crippen LogP contribution in [0.5, 0.6) is 5.75 Å². The Hall–Kier alpha value is -3.69. The molecule has 4 rings (SSSR count). The van der Waals surface area contributed by atoms with Crippen LogP contribution in [0.2, 0.25) is 0 Å². The summed E-state index contributed by atoms with van der Waals surface area (Å²) in [5, 5.41) is 3.99. The molecule has 0 spiro atoms. The summed E-state index contributed by atoms with van der Waals surface area (Å²) in [7, 11) is 0. The summed E-state index contributed by atoms with van der Waals surface area (Å²) in [5.74, 6) is -0.821. The third-order valence-electron chi connectivity index (χ3n) is 4.54. The van der Waals surface area contributed by atoms with Crippen LogP contribution in [0, 0.1) is 5.82 Å². The molecule has 2 aromatic carbocycles. The number of hydrogen-bond acceptors (Lipinski definition) is 3. The summed E-state index contributed by atoms with van der Waals surface area (Å²) in [5.41, 5.74) is 1.02. The molecule has 0 aliphatic heterocycles. The summed E-state index contributed by atoms with van der Waals surface area (Å²) in [6, 6.07) is 13.5. The van der Waals surface area contributed by atoms with Crippen molar-refractivity contribution < 1.29 is 26.7 Å². The van der Waals surface area contributed by atoms with Gasteiger partial charge in [0.1, 0.15) is 11.6 Å². The van der Waals surface area contributed by atoms with Crippen LogP contribution in [0.25, 0.3) is 16.8 Å². The zero-order chi connectivity index (χ0) is 22.2. The highest BCUT2D eigenvalue weighted by Crippen LogP contribution is 2.26. The predicted octanol–water partition coefficient (Wildman–Crippen LogP) is 4.91. The summed E-state index contributed by atoms with van der Waals surface area (Å²) >= 11 is 0. The maximum atomic E-state index is 14.7. The van der Waals surface area contributed by atoms with E-state index >= 15 is 0 Å². The van der Waals surface area contributed by atoms with Gasteiger partial charge in [0.25, 0.3) is 0 Å². The lowest BCUT2D eigenvalue weighted by atomic mass is 10.1. The first-order valence-electron chi connectivity index (χ1n) is 9.05. The van der Waals surface area contributed by atoms with Gasteiger partial charge in [0.05, 0.1) is 0 Å². The van der Waals surface area contributed by atoms with Crippen LogP contribution in [0.15, 0.2) is 71.7 Å². The van der Waals surface area contributed by atoms with Gasteiger partial charge in [0.15, 0.2) is 5.65 Å². The molecule has 0 saturated heterocycles. The van der Waals surface area contributed by atoms with Crippen molar-refractivity contribution in [2.75, 3.05) is 0 Å². The fourth-order valence-corrected chi connectivity index (χ4v) is 3.09. The van der Waals surface area contributed by atoms with Gasteiger partial charge in [-0.1, -0.05) is 24.3 Å². The molecule has 160 valence electrons. The molecule has 31 heavy (non-hydrogen) atoms. The van der Waals surface area contributed by atoms with Gasteiger partial charge in [0, 0.05) is 12.6 Å². The quantitative estimate of drug-likeness (QED) is 0.419. The third-order valence-corrected chi connectivity index (χ3v) is 4.54. The number of halogens is 5. The molecule has 2 heterocycles. The second kappa shape index (κ2) is 7.86. The smallest absolute Gasteiger partial charge is 0.406 e. The molecule has 10 heteroatoms. The molecule has 0 amide bonds. The molecule has 1 atom stereocenters. The first-order valence-corrected chi connectivity index (χ1v) is 9.05. The van der Waals surface area contributed by atoms with Gasteiger partial charge in [-0.25, -0.2) is 18.0 Å². The van der Waals surface area contributed by atoms with Crippen molar-refractivity contribution in [3.05, 3.63) is 88.7 Å². The van der Waals surface area contributed by atoms with E-state index in [4.69, 9.17) is 0 Å². The molecule has 0 radical (unpaired) electrons. The SMILES string of the molecule is O=c1n(C(F)Cc2ccc(F)cc2)nc2ccc(-c3ccc(OC(F)(F)F)cc3)cn12. The van der Waals surface area contributed by atoms with Gasteiger partial charge in [0.2, 0.25) is 6.30 Å². The lowest BCUT2D eigenvalue weighted by molar-refractivity contribution is -0.274. The van der Waals surface area contributed by atoms with Crippen molar-refractivity contribution in [3.8, 4) is 16.9 Å². The van der Waals surface area contributed by atoms with Crippen molar-refractivity contribution in [2.45, 2.75) is 19.1 Å². The second-order valence-corrected chi connectivity index (χ2v) is 6.71. The molecule has 0 fully saturated rings. The van der Waals surface area contributed by atoms with Crippen LogP contribution in [-0.2, 0) is 6.42 Å². The standard InChI is InChI=1S/C21H14F5N3O2/c22-16-6-1-13(2-7-16)11-18(23)29-20(30)28-12-15(5-10-19(28)27-29)14-3-8-17(9-4-14)31-21(24,25)26/h1-10,12,18H,11H2. The van der Waals surface area contributed by atoms with E-state index < -0.39 is 24.2 Å². The molecule has 0 aliphatic rings. The highest BCUT2D eigenvalue weighted by Gasteiger charge is 2.31. The van der Waals surface area contributed by atoms with Crippen LogP contribution in [0.1, 0.15) is 11.9 Å². The van der Waals surface area contributed by atoms with Gasteiger partial charge >= 0.3 is 12.1 Å². The highest BCUT2D eigenvalue weighted by molar-refractivity contribution is 5.65. The maximum Gasteiger partial charge on any atom is 0.573 e. The normalized spacial score (nSPS) is 12.8. The van der Waals surface area contributed by atoms with Gasteiger partial charge in [-0.05, 0) is 53.1 Å². The largest absolute Gasteiger partial charge is 0.573 e. The Kier molecular flexibility index (Phi) is 5.22. The van der Waals surface area contributed by atoms with Gasteiger partial charge in [-0.3, -0.25) is 0 Å². The number of fused-ring (bicyclic) bond motifs is 1. The zero-order valence-corrected chi connectivity index (χ0v) is 15.7. The Morgan fingerprint density at radius 1 is 0.935 bits per heavy atom. The van der Waals surface area contributed by atoms with Crippen molar-refractivity contribution in [1.29, 1.82) is 0 Å². The Balaban J connectivity index is 1.60. The van der Waals surface area contributed by atoms with Gasteiger partial charge in [-0.15, -0.1) is 18.3 Å². The average molecular weight is 435 g/mol. The Labute approximate surface area is 171 Å². The maximum absolute atomic E-state index is 14.7. The molecule has 0 aliphatic carbocycles.